The van der Waals surface area contributed by atoms with Crippen LogP contribution >= 0.6 is 161 Å². The standard InChI is InChI=1S/C90H78N4S8.C14H15NS2.C7H7BrS.C7H9NS.2C5H12/c1-99-85-49-41-81(42-50-85)92(75-29-13-67(61-97)14-30-75)78-35-19-70(20-36-78)89(69-17-33-77(34-18-69)91(73-25-9-65(59-95)10-26-73)74-27-11-66(60-96)12-28-74)57-63-5-7-64(8-6-63)58-90(71-21-37-79(38-22-71)93(76-31-15-68(62-98)16-32-76)82-43-51-86(100-2)52-44-82)72-23-39-80(40-24-72)94(83-45-53-87(101-3)54-46-83)84-47-55-88(102-4)56-48-84;1-16-13-7-3-11(4-8-13)15-12-5-9-14(17-2)10-6-12;8-7-3-1-6(5-9)2-4-7;1-9-7-4-2-6(8)3-5-7;2*1-3-5-4-2/h5-58,95-98H,59-62H2,1-4H3;3-10,15H,1-2H3;1-4,9H,5H2;2-5H,8H2,1H3;2*3-5H2,1-2H3/b89-57-,90-58+;;;;;. The Bertz CT molecular complexity index is 5880. The van der Waals surface area contributed by atoms with Gasteiger partial charge in [-0.05, 0) is 407 Å². The fourth-order valence-corrected chi connectivity index (χ4v) is 20.2. The lowest BCUT2D eigenvalue weighted by Gasteiger charge is -2.27. The number of hydrogen-bond donors (Lipinski definition) is 7. The molecule has 0 amide bonds. The lowest BCUT2D eigenvalue weighted by Crippen LogP contribution is -2.10. The molecule has 0 aliphatic heterocycles. The molecule has 19 heteroatoms. The fourth-order valence-electron chi connectivity index (χ4n) is 16.0. The van der Waals surface area contributed by atoms with Crippen molar-refractivity contribution in [2.75, 3.05) is 74.4 Å². The molecule has 17 aromatic carbocycles. The number of hydrogen-bond acceptors (Lipinski definition) is 18. The van der Waals surface area contributed by atoms with E-state index < -0.39 is 0 Å². The molecule has 0 heterocycles. The predicted octanol–water partition coefficient (Wildman–Crippen LogP) is 41.5. The third-order valence-electron chi connectivity index (χ3n) is 24.2. The largest absolute Gasteiger partial charge is 0.399 e. The summed E-state index contributed by atoms with van der Waals surface area (Å²) in [5.41, 5.74) is 36.1. The Balaban J connectivity index is 0.000000347. The van der Waals surface area contributed by atoms with E-state index in [1.807, 2.05) is 42.7 Å². The quantitative estimate of drug-likeness (QED) is 0.00884. The number of benzene rings is 17. The van der Waals surface area contributed by atoms with Crippen LogP contribution < -0.4 is 30.7 Å². The Kier molecular flexibility index (Phi) is 49.0. The van der Waals surface area contributed by atoms with Crippen LogP contribution in [0.2, 0.25) is 0 Å². The van der Waals surface area contributed by atoms with Crippen molar-refractivity contribution in [1.82, 2.24) is 0 Å². The highest BCUT2D eigenvalue weighted by Crippen LogP contribution is 2.45. The Labute approximate surface area is 942 Å². The second kappa shape index (κ2) is 62.4. The Morgan fingerprint density at radius 1 is 0.231 bits per heavy atom. The highest BCUT2D eigenvalue weighted by Gasteiger charge is 2.22. The highest BCUT2D eigenvalue weighted by molar-refractivity contribution is 9.10. The van der Waals surface area contributed by atoms with Gasteiger partial charge in [-0.25, -0.2) is 0 Å². The van der Waals surface area contributed by atoms with E-state index in [0.29, 0.717) is 23.0 Å². The Hall–Kier alpha value is -10.3. The van der Waals surface area contributed by atoms with Crippen molar-refractivity contribution in [2.45, 2.75) is 129 Å². The zero-order valence-corrected chi connectivity index (χ0v) is 97.3. The van der Waals surface area contributed by atoms with Gasteiger partial charge in [0, 0.05) is 153 Å². The minimum Gasteiger partial charge on any atom is -0.399 e. The van der Waals surface area contributed by atoms with Crippen molar-refractivity contribution >= 4 is 270 Å². The topological polar surface area (TPSA) is 51.0 Å². The minimum absolute atomic E-state index is 0.671. The summed E-state index contributed by atoms with van der Waals surface area (Å²) >= 11 is 38.1. The molecular weight excluding hydrogens is 2090 g/mol. The van der Waals surface area contributed by atoms with E-state index in [9.17, 15) is 0 Å². The number of nitrogen functional groups attached to an aromatic ring is 1. The molecule has 0 saturated heterocycles. The summed E-state index contributed by atoms with van der Waals surface area (Å²) in [5, 5.41) is 3.39. The zero-order valence-electron chi connectivity index (χ0n) is 85.5. The van der Waals surface area contributed by atoms with Crippen molar-refractivity contribution in [1.29, 1.82) is 0 Å². The molecule has 0 unspecified atom stereocenters. The third-order valence-corrected chi connectivity index (χ3v) is 31.8. The summed E-state index contributed by atoms with van der Waals surface area (Å²) in [6.45, 7) is 8.85. The van der Waals surface area contributed by atoms with Crippen LogP contribution in [-0.4, -0.2) is 43.8 Å². The van der Waals surface area contributed by atoms with Gasteiger partial charge >= 0.3 is 0 Å². The van der Waals surface area contributed by atoms with Crippen LogP contribution in [0, 0.1) is 0 Å². The maximum atomic E-state index is 5.47. The number of nitrogens with two attached hydrogens (primary N) is 1. The van der Waals surface area contributed by atoms with E-state index in [4.69, 9.17) is 5.73 Å². The molecule has 0 fully saturated rings. The molecule has 0 aliphatic carbocycles. The average molecular weight is 2220 g/mol. The molecule has 0 spiro atoms. The van der Waals surface area contributed by atoms with Crippen LogP contribution in [0.1, 0.15) is 127 Å². The normalized spacial score (nSPS) is 10.9. The maximum Gasteiger partial charge on any atom is 0.0462 e. The van der Waals surface area contributed by atoms with Gasteiger partial charge in [-0.1, -0.05) is 216 Å². The van der Waals surface area contributed by atoms with E-state index in [0.717, 1.165) is 140 Å². The smallest absolute Gasteiger partial charge is 0.0462 e. The molecule has 147 heavy (non-hydrogen) atoms. The number of nitrogens with one attached hydrogen (secondary N) is 1. The third kappa shape index (κ3) is 34.9. The van der Waals surface area contributed by atoms with E-state index in [2.05, 4.69) is 557 Å². The van der Waals surface area contributed by atoms with Crippen molar-refractivity contribution in [3.05, 3.63) is 478 Å². The molecule has 0 bridgehead atoms. The van der Waals surface area contributed by atoms with Crippen LogP contribution in [0.5, 0.6) is 0 Å². The summed E-state index contributed by atoms with van der Waals surface area (Å²) in [7, 11) is 0. The van der Waals surface area contributed by atoms with Gasteiger partial charge in [0.25, 0.3) is 0 Å². The minimum atomic E-state index is 0.671. The SMILES string of the molecule is CCCCC.CCCCC.CSc1ccc(N(c2ccc(CS)cc2)c2ccc(/C(=C\c3ccc(/C=C(\c4ccc(N(c5ccc(CS)cc5)c5ccc(SC)cc5)cc4)c4ccc(N(c5ccc(SC)cc5)c5ccc(SC)cc5)cc4)cc3)c3ccc(N(c4ccc(CS)cc4)c4ccc(CS)cc4)cc3)cc2)cc1.CSc1ccc(N)cc1.CSc1ccc(Nc2ccc(SC)cc2)cc1.SCc1ccc(Br)cc1. The van der Waals surface area contributed by atoms with Crippen LogP contribution in [0.4, 0.5) is 85.3 Å². The van der Waals surface area contributed by atoms with Crippen molar-refractivity contribution in [2.24, 2.45) is 0 Å². The molecule has 0 aliphatic rings. The molecule has 3 N–H and O–H groups in total. The Morgan fingerprint density at radius 2 is 0.395 bits per heavy atom. The van der Waals surface area contributed by atoms with Crippen molar-refractivity contribution in [3.63, 3.8) is 0 Å². The van der Waals surface area contributed by atoms with Gasteiger partial charge in [0.05, 0.1) is 0 Å². The van der Waals surface area contributed by atoms with Crippen LogP contribution in [0.15, 0.2) is 451 Å². The van der Waals surface area contributed by atoms with Crippen LogP contribution in [0.3, 0.4) is 0 Å². The molecule has 754 valence electrons. The number of halogens is 1. The van der Waals surface area contributed by atoms with E-state index in [-0.39, 0.29) is 0 Å². The zero-order chi connectivity index (χ0) is 104. The van der Waals surface area contributed by atoms with Gasteiger partial charge in [-0.2, -0.15) is 63.1 Å². The van der Waals surface area contributed by atoms with Gasteiger partial charge < -0.3 is 30.7 Å². The molecule has 0 saturated carbocycles. The van der Waals surface area contributed by atoms with Gasteiger partial charge in [-0.3, -0.25) is 0 Å². The first-order chi connectivity index (χ1) is 71.9. The number of anilines is 15. The van der Waals surface area contributed by atoms with E-state index >= 15 is 0 Å². The first-order valence-corrected chi connectivity index (χ1v) is 61.8. The first kappa shape index (κ1) is 115. The summed E-state index contributed by atoms with van der Waals surface area (Å²) in [6.07, 6.45) is 27.5. The summed E-state index contributed by atoms with van der Waals surface area (Å²) in [4.78, 5) is 18.0. The van der Waals surface area contributed by atoms with Gasteiger partial charge in [0.1, 0.15) is 0 Å². The summed E-state index contributed by atoms with van der Waals surface area (Å²) < 4.78 is 1.12. The monoisotopic (exact) mass is 2220 g/mol. The number of thioether (sulfide) groups is 7. The second-order valence-electron chi connectivity index (χ2n) is 34.2. The summed E-state index contributed by atoms with van der Waals surface area (Å²) in [5.74, 6) is 3.51. The van der Waals surface area contributed by atoms with Gasteiger partial charge in [-0.15, -0.1) is 82.3 Å². The molecule has 0 aromatic heterocycles. The van der Waals surface area contributed by atoms with Gasteiger partial charge in [0.15, 0.2) is 0 Å². The first-order valence-electron chi connectivity index (χ1n) is 49.2. The summed E-state index contributed by atoms with van der Waals surface area (Å²) in [6, 6.07) is 148. The highest BCUT2D eigenvalue weighted by atomic mass is 79.9. The van der Waals surface area contributed by atoms with Crippen molar-refractivity contribution in [3.8, 4) is 0 Å². The van der Waals surface area contributed by atoms with E-state index in [1.165, 1.54) is 101 Å². The van der Waals surface area contributed by atoms with Gasteiger partial charge in [0.2, 0.25) is 0 Å². The number of unbranched alkanes of at least 4 members (excludes halogenated alkanes) is 4. The number of thiol groups is 5. The van der Waals surface area contributed by atoms with Crippen LogP contribution in [-0.2, 0) is 28.8 Å². The number of rotatable bonds is 36. The molecule has 0 atom stereocenters. The lowest BCUT2D eigenvalue weighted by atomic mass is 9.93. The average Bonchev–Trinajstić information content (AvgIpc) is 0.793. The Morgan fingerprint density at radius 3 is 0.565 bits per heavy atom. The lowest BCUT2D eigenvalue weighted by molar-refractivity contribution is 0.772. The maximum absolute atomic E-state index is 5.47. The molecule has 17 rings (SSSR count). The molecule has 0 radical (unpaired) electrons. The predicted molar refractivity (Wildman–Crippen MR) is 682 cm³/mol. The molecule has 17 aromatic rings. The van der Waals surface area contributed by atoms with E-state index in [1.54, 1.807) is 82.3 Å². The van der Waals surface area contributed by atoms with Crippen molar-refractivity contribution < 1.29 is 0 Å². The molecular formula is C128H133BrN6S12. The fraction of sp³-hybridized carbons (Fsp3) is 0.172. The number of nitrogens with zero attached hydrogens (tertiary/aromatic N) is 4. The van der Waals surface area contributed by atoms with Crippen LogP contribution in [0.25, 0.3) is 23.3 Å². The molecule has 6 nitrogen and oxygen atoms in total. The second-order valence-corrected chi connectivity index (χ2v) is 42.9.